The summed E-state index contributed by atoms with van der Waals surface area (Å²) in [5.74, 6) is 0.467. The minimum absolute atomic E-state index is 0.186. The van der Waals surface area contributed by atoms with Gasteiger partial charge < -0.3 is 10.1 Å². The van der Waals surface area contributed by atoms with Gasteiger partial charge in [-0.15, -0.1) is 11.8 Å². The van der Waals surface area contributed by atoms with E-state index in [4.69, 9.17) is 10.00 Å². The first-order valence-electron chi connectivity index (χ1n) is 4.72. The van der Waals surface area contributed by atoms with Crippen LogP contribution in [0, 0.1) is 11.3 Å². The predicted molar refractivity (Wildman–Crippen MR) is 62.5 cm³/mol. The fourth-order valence-electron chi connectivity index (χ4n) is 1.000. The lowest BCUT2D eigenvalue weighted by Crippen LogP contribution is -2.22. The number of nitriles is 1. The molecule has 0 bridgehead atoms. The van der Waals surface area contributed by atoms with Crippen molar-refractivity contribution < 1.29 is 9.53 Å². The molecule has 0 aliphatic heterocycles. The van der Waals surface area contributed by atoms with Gasteiger partial charge in [0.1, 0.15) is 5.75 Å². The van der Waals surface area contributed by atoms with Crippen molar-refractivity contribution in [1.82, 2.24) is 5.32 Å². The highest BCUT2D eigenvalue weighted by Crippen LogP contribution is 2.31. The van der Waals surface area contributed by atoms with Gasteiger partial charge in [-0.3, -0.25) is 0 Å². The minimum Gasteiger partial charge on any atom is -0.409 e. The van der Waals surface area contributed by atoms with Crippen molar-refractivity contribution in [2.75, 3.05) is 7.05 Å². The largest absolute Gasteiger partial charge is 0.412 e. The highest BCUT2D eigenvalue weighted by Gasteiger charge is 2.10. The maximum absolute atomic E-state index is 11.1. The van der Waals surface area contributed by atoms with Crippen molar-refractivity contribution in [1.29, 1.82) is 5.26 Å². The predicted octanol–water partition coefficient (Wildman–Crippen LogP) is 2.41. The summed E-state index contributed by atoms with van der Waals surface area (Å²) in [4.78, 5) is 11.9. The Labute approximate surface area is 98.6 Å². The summed E-state index contributed by atoms with van der Waals surface area (Å²) in [5, 5.41) is 10.9. The molecule has 0 aliphatic carbocycles. The van der Waals surface area contributed by atoms with Crippen LogP contribution in [0.3, 0.4) is 0 Å². The van der Waals surface area contributed by atoms with Gasteiger partial charge in [0.25, 0.3) is 0 Å². The number of hydrogen-bond donors (Lipinski definition) is 1. The Morgan fingerprint density at radius 3 is 2.88 bits per heavy atom. The number of nitrogens with one attached hydrogen (secondary N) is 1. The molecular formula is C11H12N2O2S. The third kappa shape index (κ3) is 3.48. The number of carbonyl (C=O) groups excluding carboxylic acids is 1. The van der Waals surface area contributed by atoms with Crippen LogP contribution in [0.1, 0.15) is 6.92 Å². The molecule has 84 valence electrons. The van der Waals surface area contributed by atoms with Gasteiger partial charge in [0.05, 0.1) is 16.2 Å². The summed E-state index contributed by atoms with van der Waals surface area (Å²) in [5.41, 5.74) is 0. The van der Waals surface area contributed by atoms with Gasteiger partial charge in [0.2, 0.25) is 0 Å². The Balaban J connectivity index is 2.84. The Morgan fingerprint density at radius 1 is 1.56 bits per heavy atom. The summed E-state index contributed by atoms with van der Waals surface area (Å²) in [6, 6.07) is 9.24. The lowest BCUT2D eigenvalue weighted by molar-refractivity contribution is 0.202. The number of amides is 1. The minimum atomic E-state index is -0.516. The maximum Gasteiger partial charge on any atom is 0.412 e. The van der Waals surface area contributed by atoms with Gasteiger partial charge in [-0.1, -0.05) is 12.1 Å². The molecule has 0 aliphatic rings. The zero-order valence-electron chi connectivity index (χ0n) is 9.06. The number of para-hydroxylation sites is 1. The molecule has 1 unspecified atom stereocenters. The molecule has 5 heteroatoms. The zero-order valence-corrected chi connectivity index (χ0v) is 9.88. The van der Waals surface area contributed by atoms with Gasteiger partial charge in [-0.05, 0) is 19.1 Å². The van der Waals surface area contributed by atoms with Crippen LogP contribution in [0.5, 0.6) is 5.75 Å². The van der Waals surface area contributed by atoms with Gasteiger partial charge in [0.15, 0.2) is 0 Å². The molecule has 0 spiro atoms. The van der Waals surface area contributed by atoms with Crippen molar-refractivity contribution in [3.8, 4) is 11.8 Å². The molecule has 1 amide bonds. The fourth-order valence-corrected chi connectivity index (χ4v) is 1.82. The second-order valence-electron chi connectivity index (χ2n) is 2.98. The monoisotopic (exact) mass is 236 g/mol. The van der Waals surface area contributed by atoms with Crippen LogP contribution in [0.25, 0.3) is 0 Å². The van der Waals surface area contributed by atoms with E-state index in [-0.39, 0.29) is 5.25 Å². The summed E-state index contributed by atoms with van der Waals surface area (Å²) >= 11 is 1.36. The molecule has 0 fully saturated rings. The van der Waals surface area contributed by atoms with Crippen LogP contribution in [-0.2, 0) is 0 Å². The van der Waals surface area contributed by atoms with Crippen LogP contribution < -0.4 is 10.1 Å². The van der Waals surface area contributed by atoms with Crippen LogP contribution in [0.15, 0.2) is 29.2 Å². The maximum atomic E-state index is 11.1. The van der Waals surface area contributed by atoms with Crippen molar-refractivity contribution >= 4 is 17.9 Å². The Bertz CT molecular complexity index is 415. The third-order valence-corrected chi connectivity index (χ3v) is 2.79. The van der Waals surface area contributed by atoms with Crippen molar-refractivity contribution in [3.05, 3.63) is 24.3 Å². The molecule has 0 radical (unpaired) electrons. The van der Waals surface area contributed by atoms with Crippen molar-refractivity contribution in [3.63, 3.8) is 0 Å². The molecule has 1 N–H and O–H groups in total. The SMILES string of the molecule is CNC(=O)Oc1ccccc1SC(C)C#N. The van der Waals surface area contributed by atoms with Gasteiger partial charge in [-0.25, -0.2) is 4.79 Å². The highest BCUT2D eigenvalue weighted by molar-refractivity contribution is 8.00. The molecule has 4 nitrogen and oxygen atoms in total. The molecule has 16 heavy (non-hydrogen) atoms. The number of ether oxygens (including phenoxy) is 1. The Morgan fingerprint density at radius 2 is 2.25 bits per heavy atom. The lowest BCUT2D eigenvalue weighted by Gasteiger charge is -2.09. The van der Waals surface area contributed by atoms with E-state index in [1.807, 2.05) is 12.1 Å². The van der Waals surface area contributed by atoms with E-state index >= 15 is 0 Å². The number of hydrogen-bond acceptors (Lipinski definition) is 4. The molecule has 1 aromatic carbocycles. The van der Waals surface area contributed by atoms with E-state index in [1.165, 1.54) is 18.8 Å². The number of rotatable bonds is 3. The summed E-state index contributed by atoms with van der Waals surface area (Å²) in [6.07, 6.45) is -0.516. The average molecular weight is 236 g/mol. The molecule has 1 aromatic rings. The molecule has 0 saturated carbocycles. The summed E-state index contributed by atoms with van der Waals surface area (Å²) in [7, 11) is 1.50. The number of benzene rings is 1. The third-order valence-electron chi connectivity index (χ3n) is 1.74. The van der Waals surface area contributed by atoms with Gasteiger partial charge in [-0.2, -0.15) is 5.26 Å². The molecule has 0 saturated heterocycles. The second kappa shape index (κ2) is 6.03. The normalized spacial score (nSPS) is 11.3. The smallest absolute Gasteiger partial charge is 0.409 e. The van der Waals surface area contributed by atoms with Crippen molar-refractivity contribution in [2.24, 2.45) is 0 Å². The van der Waals surface area contributed by atoms with E-state index in [0.29, 0.717) is 5.75 Å². The van der Waals surface area contributed by atoms with Crippen LogP contribution in [-0.4, -0.2) is 18.4 Å². The van der Waals surface area contributed by atoms with E-state index in [1.54, 1.807) is 19.1 Å². The van der Waals surface area contributed by atoms with Gasteiger partial charge in [0, 0.05) is 7.05 Å². The Hall–Kier alpha value is -1.67. The standard InChI is InChI=1S/C11H12N2O2S/c1-8(7-12)16-10-6-4-3-5-9(10)15-11(14)13-2/h3-6,8H,1-2H3,(H,13,14). The topological polar surface area (TPSA) is 62.1 Å². The number of nitrogens with zero attached hydrogens (tertiary/aromatic N) is 1. The van der Waals surface area contributed by atoms with E-state index in [0.717, 1.165) is 4.90 Å². The first-order valence-corrected chi connectivity index (χ1v) is 5.60. The number of carbonyl (C=O) groups is 1. The van der Waals surface area contributed by atoms with Crippen LogP contribution >= 0.6 is 11.8 Å². The van der Waals surface area contributed by atoms with Crippen LogP contribution in [0.4, 0.5) is 4.79 Å². The molecule has 0 heterocycles. The molecule has 0 aromatic heterocycles. The number of thioether (sulfide) groups is 1. The van der Waals surface area contributed by atoms with Crippen molar-refractivity contribution in [2.45, 2.75) is 17.1 Å². The van der Waals surface area contributed by atoms with E-state index in [9.17, 15) is 4.79 Å². The molecule has 1 rings (SSSR count). The first kappa shape index (κ1) is 12.4. The second-order valence-corrected chi connectivity index (χ2v) is 4.36. The first-order chi connectivity index (χ1) is 7.67. The molecule has 1 atom stereocenters. The zero-order chi connectivity index (χ0) is 12.0. The van der Waals surface area contributed by atoms with E-state index < -0.39 is 6.09 Å². The fraction of sp³-hybridized carbons (Fsp3) is 0.273. The Kier molecular flexibility index (Phi) is 4.67. The summed E-state index contributed by atoms with van der Waals surface area (Å²) < 4.78 is 5.06. The van der Waals surface area contributed by atoms with Gasteiger partial charge >= 0.3 is 6.09 Å². The lowest BCUT2D eigenvalue weighted by atomic mass is 10.3. The quantitative estimate of drug-likeness (QED) is 0.819. The average Bonchev–Trinajstić information content (AvgIpc) is 2.31. The summed E-state index contributed by atoms with van der Waals surface area (Å²) in [6.45, 7) is 1.79. The molecular weight excluding hydrogens is 224 g/mol. The van der Waals surface area contributed by atoms with E-state index in [2.05, 4.69) is 11.4 Å². The van der Waals surface area contributed by atoms with Crippen LogP contribution in [0.2, 0.25) is 0 Å². The highest BCUT2D eigenvalue weighted by atomic mass is 32.2.